The van der Waals surface area contributed by atoms with Gasteiger partial charge in [0.15, 0.2) is 10.8 Å². The molecule has 23 heavy (non-hydrogen) atoms. The van der Waals surface area contributed by atoms with Crippen LogP contribution in [-0.2, 0) is 13.0 Å². The van der Waals surface area contributed by atoms with Crippen molar-refractivity contribution in [2.24, 2.45) is 0 Å². The Hall–Kier alpha value is -2.74. The lowest BCUT2D eigenvalue weighted by atomic mass is 10.1. The molecule has 0 saturated carbocycles. The number of H-pyrrole nitrogens is 1. The lowest BCUT2D eigenvalue weighted by Crippen LogP contribution is -2.37. The smallest absolute Gasteiger partial charge is 0.265 e. The van der Waals surface area contributed by atoms with Crippen LogP contribution in [0.5, 0.6) is 0 Å². The highest BCUT2D eigenvalue weighted by molar-refractivity contribution is 7.16. The van der Waals surface area contributed by atoms with Crippen LogP contribution in [0.3, 0.4) is 0 Å². The average Bonchev–Trinajstić information content (AvgIpc) is 3.24. The Balaban J connectivity index is 1.57. The number of furan rings is 1. The minimum atomic E-state index is -0.254. The Morgan fingerprint density at radius 1 is 1.43 bits per heavy atom. The first-order chi connectivity index (χ1) is 11.2. The van der Waals surface area contributed by atoms with E-state index in [9.17, 15) is 9.59 Å². The number of carbonyl (C=O) groups excluding carboxylic acids is 1. The van der Waals surface area contributed by atoms with E-state index in [0.717, 1.165) is 11.3 Å². The maximum Gasteiger partial charge on any atom is 0.265 e. The van der Waals surface area contributed by atoms with Gasteiger partial charge in [-0.2, -0.15) is 5.10 Å². The average molecular weight is 328 g/mol. The summed E-state index contributed by atoms with van der Waals surface area (Å²) in [7, 11) is 0. The third-order valence-electron chi connectivity index (χ3n) is 3.69. The summed E-state index contributed by atoms with van der Waals surface area (Å²) in [5.41, 5.74) is 1.38. The topological polar surface area (TPSA) is 92.1 Å². The molecule has 3 aromatic heterocycles. The summed E-state index contributed by atoms with van der Waals surface area (Å²) in [6.07, 6.45) is 3.77. The Morgan fingerprint density at radius 2 is 2.35 bits per heavy atom. The molecule has 4 rings (SSSR count). The predicted molar refractivity (Wildman–Crippen MR) is 83.1 cm³/mol. The highest BCUT2D eigenvalue weighted by Crippen LogP contribution is 2.27. The molecular formula is C15H12N4O3S. The second-order valence-corrected chi connectivity index (χ2v) is 6.22. The van der Waals surface area contributed by atoms with Crippen LogP contribution >= 0.6 is 11.3 Å². The molecular weight excluding hydrogens is 316 g/mol. The number of nitrogens with zero attached hydrogens (tertiary/aromatic N) is 3. The Bertz CT molecular complexity index is 913. The zero-order chi connectivity index (χ0) is 15.8. The number of aromatic nitrogens is 3. The maximum absolute atomic E-state index is 12.6. The standard InChI is InChI=1S/C15H12N4O3S/c20-13-6-9-8-19(4-3-10(9)17-18-13)15(21)12-7-16-14(23-12)11-2-1-5-22-11/h1-2,5-7H,3-4,8H2,(H,18,20). The van der Waals surface area contributed by atoms with Gasteiger partial charge >= 0.3 is 0 Å². The molecule has 4 heterocycles. The van der Waals surface area contributed by atoms with E-state index in [1.165, 1.54) is 17.4 Å². The molecule has 0 spiro atoms. The van der Waals surface area contributed by atoms with E-state index in [1.807, 2.05) is 6.07 Å². The van der Waals surface area contributed by atoms with Crippen molar-refractivity contribution < 1.29 is 9.21 Å². The van der Waals surface area contributed by atoms with Crippen LogP contribution in [0.1, 0.15) is 20.9 Å². The van der Waals surface area contributed by atoms with Gasteiger partial charge in [-0.1, -0.05) is 0 Å². The van der Waals surface area contributed by atoms with Crippen molar-refractivity contribution in [3.05, 3.63) is 57.1 Å². The minimum Gasteiger partial charge on any atom is -0.462 e. The number of fused-ring (bicyclic) bond motifs is 1. The van der Waals surface area contributed by atoms with E-state index in [0.29, 0.717) is 35.2 Å². The number of thiazole rings is 1. The van der Waals surface area contributed by atoms with Gasteiger partial charge in [0.25, 0.3) is 11.5 Å². The summed E-state index contributed by atoms with van der Waals surface area (Å²) in [6, 6.07) is 5.09. The monoisotopic (exact) mass is 328 g/mol. The zero-order valence-electron chi connectivity index (χ0n) is 12.0. The van der Waals surface area contributed by atoms with Crippen LogP contribution in [-0.4, -0.2) is 32.5 Å². The van der Waals surface area contributed by atoms with Gasteiger partial charge in [0.05, 0.1) is 18.2 Å². The fourth-order valence-corrected chi connectivity index (χ4v) is 3.42. The van der Waals surface area contributed by atoms with Crippen molar-refractivity contribution in [3.63, 3.8) is 0 Å². The summed E-state index contributed by atoms with van der Waals surface area (Å²) in [5, 5.41) is 7.13. The predicted octanol–water partition coefficient (Wildman–Crippen LogP) is 1.68. The number of carbonyl (C=O) groups is 1. The van der Waals surface area contributed by atoms with E-state index >= 15 is 0 Å². The quantitative estimate of drug-likeness (QED) is 0.773. The third kappa shape index (κ3) is 2.57. The molecule has 0 fully saturated rings. The van der Waals surface area contributed by atoms with Crippen LogP contribution in [0.15, 0.2) is 39.9 Å². The fraction of sp³-hybridized carbons (Fsp3) is 0.200. The largest absolute Gasteiger partial charge is 0.462 e. The van der Waals surface area contributed by atoms with Crippen molar-refractivity contribution >= 4 is 17.2 Å². The molecule has 8 heteroatoms. The molecule has 0 bridgehead atoms. The van der Waals surface area contributed by atoms with Crippen molar-refractivity contribution in [2.75, 3.05) is 6.54 Å². The minimum absolute atomic E-state index is 0.0914. The van der Waals surface area contributed by atoms with Gasteiger partial charge in [-0.25, -0.2) is 10.1 Å². The van der Waals surface area contributed by atoms with Gasteiger partial charge in [0.1, 0.15) is 4.88 Å². The molecule has 116 valence electrons. The Kier molecular flexibility index (Phi) is 3.30. The van der Waals surface area contributed by atoms with Gasteiger partial charge in [-0.15, -0.1) is 11.3 Å². The molecule has 0 saturated heterocycles. The molecule has 7 nitrogen and oxygen atoms in total. The van der Waals surface area contributed by atoms with Crippen molar-refractivity contribution in [1.29, 1.82) is 0 Å². The van der Waals surface area contributed by atoms with Crippen molar-refractivity contribution in [2.45, 2.75) is 13.0 Å². The maximum atomic E-state index is 12.6. The summed E-state index contributed by atoms with van der Waals surface area (Å²) >= 11 is 1.30. The summed E-state index contributed by atoms with van der Waals surface area (Å²) in [6.45, 7) is 0.956. The number of amides is 1. The Labute approximate surface area is 134 Å². The molecule has 3 aromatic rings. The molecule has 1 aliphatic heterocycles. The van der Waals surface area contributed by atoms with Crippen LogP contribution in [0.2, 0.25) is 0 Å². The number of aromatic amines is 1. The van der Waals surface area contributed by atoms with Crippen molar-refractivity contribution in [1.82, 2.24) is 20.1 Å². The molecule has 0 unspecified atom stereocenters. The van der Waals surface area contributed by atoms with Crippen LogP contribution in [0.25, 0.3) is 10.8 Å². The molecule has 0 aliphatic carbocycles. The highest BCUT2D eigenvalue weighted by atomic mass is 32.1. The molecule has 1 N–H and O–H groups in total. The second kappa shape index (κ2) is 5.47. The fourth-order valence-electron chi connectivity index (χ4n) is 2.56. The van der Waals surface area contributed by atoms with E-state index in [2.05, 4.69) is 15.2 Å². The summed E-state index contributed by atoms with van der Waals surface area (Å²) < 4.78 is 5.29. The van der Waals surface area contributed by atoms with E-state index < -0.39 is 0 Å². The number of hydrogen-bond donors (Lipinski definition) is 1. The van der Waals surface area contributed by atoms with E-state index in [4.69, 9.17) is 4.42 Å². The molecule has 1 amide bonds. The zero-order valence-corrected chi connectivity index (χ0v) is 12.8. The molecule has 0 atom stereocenters. The van der Waals surface area contributed by atoms with Crippen LogP contribution in [0.4, 0.5) is 0 Å². The lowest BCUT2D eigenvalue weighted by Gasteiger charge is -2.27. The highest BCUT2D eigenvalue weighted by Gasteiger charge is 2.24. The molecule has 0 aromatic carbocycles. The van der Waals surface area contributed by atoms with Gasteiger partial charge in [-0.05, 0) is 12.1 Å². The van der Waals surface area contributed by atoms with E-state index in [1.54, 1.807) is 23.4 Å². The van der Waals surface area contributed by atoms with Gasteiger partial charge in [0.2, 0.25) is 0 Å². The number of nitrogens with one attached hydrogen (secondary N) is 1. The number of rotatable bonds is 2. The molecule has 1 aliphatic rings. The second-order valence-electron chi connectivity index (χ2n) is 5.19. The van der Waals surface area contributed by atoms with Gasteiger partial charge < -0.3 is 9.32 Å². The first-order valence-corrected chi connectivity index (χ1v) is 7.89. The SMILES string of the molecule is O=C(c1cnc(-c2ccco2)s1)N1CCc2n[nH]c(=O)cc2C1. The summed E-state index contributed by atoms with van der Waals surface area (Å²) in [4.78, 5) is 30.5. The van der Waals surface area contributed by atoms with Gasteiger partial charge in [0, 0.05) is 31.1 Å². The Morgan fingerprint density at radius 3 is 3.17 bits per heavy atom. The first-order valence-electron chi connectivity index (χ1n) is 7.07. The van der Waals surface area contributed by atoms with E-state index in [-0.39, 0.29) is 11.5 Å². The first kappa shape index (κ1) is 13.9. The molecule has 0 radical (unpaired) electrons. The van der Waals surface area contributed by atoms with Crippen molar-refractivity contribution in [3.8, 4) is 10.8 Å². The lowest BCUT2D eigenvalue weighted by molar-refractivity contribution is 0.0737. The van der Waals surface area contributed by atoms with Gasteiger partial charge in [-0.3, -0.25) is 9.59 Å². The number of hydrogen-bond acceptors (Lipinski definition) is 6. The van der Waals surface area contributed by atoms with Crippen LogP contribution < -0.4 is 5.56 Å². The van der Waals surface area contributed by atoms with Crippen LogP contribution in [0, 0.1) is 0 Å². The summed E-state index contributed by atoms with van der Waals surface area (Å²) in [5.74, 6) is 0.556. The third-order valence-corrected chi connectivity index (χ3v) is 4.69. The normalized spacial score (nSPS) is 13.8.